The van der Waals surface area contributed by atoms with Crippen LogP contribution in [0.4, 0.5) is 11.4 Å². The number of rotatable bonds is 10. The van der Waals surface area contributed by atoms with Gasteiger partial charge in [0.25, 0.3) is 5.69 Å². The molecule has 1 N–H and O–H groups in total. The van der Waals surface area contributed by atoms with Crippen molar-refractivity contribution in [2.24, 2.45) is 0 Å². The van der Waals surface area contributed by atoms with E-state index < -0.39 is 26.9 Å². The zero-order chi connectivity index (χ0) is 23.2. The Balaban J connectivity index is 2.13. The maximum Gasteiger partial charge on any atom is 0.271 e. The highest BCUT2D eigenvalue weighted by Gasteiger charge is 2.32. The van der Waals surface area contributed by atoms with Gasteiger partial charge in [-0.15, -0.1) is 0 Å². The number of hydrogen-bond acceptors (Lipinski definition) is 6. The molecule has 0 radical (unpaired) electrons. The quantitative estimate of drug-likeness (QED) is 0.338. The lowest BCUT2D eigenvalue weighted by Crippen LogP contribution is -2.50. The molecule has 0 fully saturated rings. The molecule has 0 bridgehead atoms. The van der Waals surface area contributed by atoms with Crippen LogP contribution in [0.1, 0.15) is 24.5 Å². The Labute approximate surface area is 182 Å². The first-order valence-electron chi connectivity index (χ1n) is 9.76. The lowest BCUT2D eigenvalue weighted by Gasteiger charge is -2.30. The summed E-state index contributed by atoms with van der Waals surface area (Å²) in [5, 5.41) is 13.8. The summed E-state index contributed by atoms with van der Waals surface area (Å²) in [6.45, 7) is 5.93. The van der Waals surface area contributed by atoms with E-state index in [2.05, 4.69) is 5.32 Å². The van der Waals surface area contributed by atoms with Gasteiger partial charge in [-0.1, -0.05) is 25.1 Å². The smallest absolute Gasteiger partial charge is 0.271 e. The molecule has 0 heterocycles. The summed E-state index contributed by atoms with van der Waals surface area (Å²) in [5.41, 5.74) is 1.82. The molecule has 0 aliphatic carbocycles. The van der Waals surface area contributed by atoms with Crippen LogP contribution in [0.25, 0.3) is 0 Å². The number of nitro groups is 1. The summed E-state index contributed by atoms with van der Waals surface area (Å²) >= 11 is 0. The molecule has 1 atom stereocenters. The van der Waals surface area contributed by atoms with Gasteiger partial charge in [-0.05, 0) is 43.5 Å². The number of non-ortho nitro benzene ring substituents is 1. The number of anilines is 1. The van der Waals surface area contributed by atoms with Gasteiger partial charge < -0.3 is 10.1 Å². The fourth-order valence-corrected chi connectivity index (χ4v) is 4.32. The second kappa shape index (κ2) is 10.3. The number of amides is 1. The highest BCUT2D eigenvalue weighted by atomic mass is 32.2. The van der Waals surface area contributed by atoms with E-state index in [1.807, 2.05) is 32.0 Å². The largest absolute Gasteiger partial charge is 0.491 e. The molecule has 9 nitrogen and oxygen atoms in total. The zero-order valence-corrected chi connectivity index (χ0v) is 18.8. The fraction of sp³-hybridized carbons (Fsp3) is 0.381. The van der Waals surface area contributed by atoms with E-state index in [-0.39, 0.29) is 30.9 Å². The van der Waals surface area contributed by atoms with Gasteiger partial charge in [0, 0.05) is 12.1 Å². The zero-order valence-electron chi connectivity index (χ0n) is 18.0. The van der Waals surface area contributed by atoms with Crippen molar-refractivity contribution in [3.05, 3.63) is 63.7 Å². The molecule has 1 amide bonds. The van der Waals surface area contributed by atoms with Crippen molar-refractivity contribution in [2.75, 3.05) is 23.7 Å². The standard InChI is InChI=1S/C21H27N3O6S/c1-5-19(21(25)22-11-12-30-20-13-15(2)9-10-16(20)3)23(31(4,28)29)17-7-6-8-18(14-17)24(26)27/h6-10,13-14,19H,5,11-12H2,1-4H3,(H,22,25). The summed E-state index contributed by atoms with van der Waals surface area (Å²) in [7, 11) is -3.88. The lowest BCUT2D eigenvalue weighted by molar-refractivity contribution is -0.384. The predicted molar refractivity (Wildman–Crippen MR) is 119 cm³/mol. The number of benzene rings is 2. The normalized spacial score (nSPS) is 12.1. The number of aryl methyl sites for hydroxylation is 2. The molecule has 2 aromatic rings. The lowest BCUT2D eigenvalue weighted by atomic mass is 10.1. The third-order valence-corrected chi connectivity index (χ3v) is 5.81. The second-order valence-corrected chi connectivity index (χ2v) is 9.03. The van der Waals surface area contributed by atoms with E-state index in [0.717, 1.165) is 33.5 Å². The van der Waals surface area contributed by atoms with E-state index in [0.29, 0.717) is 0 Å². The van der Waals surface area contributed by atoms with Crippen LogP contribution < -0.4 is 14.4 Å². The van der Waals surface area contributed by atoms with Gasteiger partial charge in [0.1, 0.15) is 18.4 Å². The number of sulfonamides is 1. The topological polar surface area (TPSA) is 119 Å². The van der Waals surface area contributed by atoms with Crippen LogP contribution in [-0.4, -0.2) is 44.7 Å². The minimum absolute atomic E-state index is 0.0605. The van der Waals surface area contributed by atoms with E-state index in [4.69, 9.17) is 4.74 Å². The third kappa shape index (κ3) is 6.42. The first-order valence-corrected chi connectivity index (χ1v) is 11.6. The number of carbonyl (C=O) groups excluding carboxylic acids is 1. The van der Waals surface area contributed by atoms with Gasteiger partial charge in [-0.25, -0.2) is 8.42 Å². The molecular weight excluding hydrogens is 422 g/mol. The van der Waals surface area contributed by atoms with Crippen molar-refractivity contribution in [1.82, 2.24) is 5.32 Å². The van der Waals surface area contributed by atoms with E-state index in [1.165, 1.54) is 18.2 Å². The Morgan fingerprint density at radius 1 is 1.23 bits per heavy atom. The van der Waals surface area contributed by atoms with E-state index in [9.17, 15) is 23.3 Å². The molecule has 31 heavy (non-hydrogen) atoms. The molecule has 0 aliphatic rings. The van der Waals surface area contributed by atoms with Crippen molar-refractivity contribution in [3.63, 3.8) is 0 Å². The second-order valence-electron chi connectivity index (χ2n) is 7.17. The van der Waals surface area contributed by atoms with Gasteiger partial charge >= 0.3 is 0 Å². The SMILES string of the molecule is CCC(C(=O)NCCOc1cc(C)ccc1C)N(c1cccc([N+](=O)[O-])c1)S(C)(=O)=O. The third-order valence-electron chi connectivity index (χ3n) is 4.63. The summed E-state index contributed by atoms with van der Waals surface area (Å²) in [4.78, 5) is 23.2. The summed E-state index contributed by atoms with van der Waals surface area (Å²) in [6, 6.07) is 9.97. The Kier molecular flexibility index (Phi) is 7.98. The molecular formula is C21H27N3O6S. The van der Waals surface area contributed by atoms with Crippen LogP contribution in [0.2, 0.25) is 0 Å². The van der Waals surface area contributed by atoms with Crippen LogP contribution in [0.3, 0.4) is 0 Å². The minimum atomic E-state index is -3.88. The van der Waals surface area contributed by atoms with Crippen LogP contribution in [0.5, 0.6) is 5.75 Å². The average molecular weight is 450 g/mol. The number of nitrogens with zero attached hydrogens (tertiary/aromatic N) is 2. The highest BCUT2D eigenvalue weighted by molar-refractivity contribution is 7.92. The van der Waals surface area contributed by atoms with Gasteiger partial charge in [0.15, 0.2) is 0 Å². The number of carbonyl (C=O) groups is 1. The van der Waals surface area contributed by atoms with Crippen molar-refractivity contribution in [2.45, 2.75) is 33.2 Å². The van der Waals surface area contributed by atoms with Crippen molar-refractivity contribution in [1.29, 1.82) is 0 Å². The average Bonchev–Trinajstić information content (AvgIpc) is 2.70. The Morgan fingerprint density at radius 3 is 2.55 bits per heavy atom. The number of ether oxygens (including phenoxy) is 1. The summed E-state index contributed by atoms with van der Waals surface area (Å²) in [5.74, 6) is 0.208. The monoisotopic (exact) mass is 449 g/mol. The number of nitrogens with one attached hydrogen (secondary N) is 1. The Bertz CT molecular complexity index is 1050. The molecule has 0 spiro atoms. The maximum atomic E-state index is 12.8. The molecule has 0 saturated carbocycles. The number of hydrogen-bond donors (Lipinski definition) is 1. The molecule has 1 unspecified atom stereocenters. The van der Waals surface area contributed by atoms with Crippen LogP contribution in [0.15, 0.2) is 42.5 Å². The molecule has 2 rings (SSSR count). The fourth-order valence-electron chi connectivity index (χ4n) is 3.12. The van der Waals surface area contributed by atoms with Crippen LogP contribution in [0, 0.1) is 24.0 Å². The first-order chi connectivity index (χ1) is 14.5. The van der Waals surface area contributed by atoms with Crippen molar-refractivity contribution < 1.29 is 22.9 Å². The summed E-state index contributed by atoms with van der Waals surface area (Å²) < 4.78 is 31.5. The van der Waals surface area contributed by atoms with Crippen LogP contribution in [-0.2, 0) is 14.8 Å². The van der Waals surface area contributed by atoms with E-state index in [1.54, 1.807) is 6.92 Å². The molecule has 10 heteroatoms. The predicted octanol–water partition coefficient (Wildman–Crippen LogP) is 2.95. The number of nitro benzene ring substituents is 1. The highest BCUT2D eigenvalue weighted by Crippen LogP contribution is 2.26. The maximum absolute atomic E-state index is 12.8. The Morgan fingerprint density at radius 2 is 1.94 bits per heavy atom. The molecule has 0 saturated heterocycles. The van der Waals surface area contributed by atoms with Gasteiger partial charge in [-0.3, -0.25) is 19.2 Å². The van der Waals surface area contributed by atoms with E-state index >= 15 is 0 Å². The first kappa shape index (κ1) is 24.1. The Hall–Kier alpha value is -3.14. The van der Waals surface area contributed by atoms with Gasteiger partial charge in [0.2, 0.25) is 15.9 Å². The van der Waals surface area contributed by atoms with Crippen LogP contribution >= 0.6 is 0 Å². The van der Waals surface area contributed by atoms with Crippen molar-refractivity contribution >= 4 is 27.3 Å². The summed E-state index contributed by atoms with van der Waals surface area (Å²) in [6.07, 6.45) is 1.14. The molecule has 0 aromatic heterocycles. The van der Waals surface area contributed by atoms with Crippen molar-refractivity contribution in [3.8, 4) is 5.75 Å². The molecule has 2 aromatic carbocycles. The molecule has 0 aliphatic heterocycles. The minimum Gasteiger partial charge on any atom is -0.491 e. The molecule has 168 valence electrons. The van der Waals surface area contributed by atoms with Gasteiger partial charge in [0.05, 0.1) is 23.4 Å². The van der Waals surface area contributed by atoms with Gasteiger partial charge in [-0.2, -0.15) is 0 Å².